The zero-order valence-corrected chi connectivity index (χ0v) is 24.4. The van der Waals surface area contributed by atoms with Crippen LogP contribution in [0, 0.1) is 11.7 Å². The Bertz CT molecular complexity index is 1600. The van der Waals surface area contributed by atoms with Gasteiger partial charge < -0.3 is 9.47 Å². The second-order valence-electron chi connectivity index (χ2n) is 11.8. The first-order chi connectivity index (χ1) is 19.7. The molecule has 0 aliphatic heterocycles. The molecular weight excluding hydrogens is 535 g/mol. The number of nitrogens with zero attached hydrogens (tertiary/aromatic N) is 3. The predicted octanol–water partition coefficient (Wildman–Crippen LogP) is 6.32. The summed E-state index contributed by atoms with van der Waals surface area (Å²) in [6, 6.07) is 22.1. The van der Waals surface area contributed by atoms with Crippen molar-refractivity contribution in [3.63, 3.8) is 0 Å². The van der Waals surface area contributed by atoms with Crippen LogP contribution in [0.25, 0.3) is 0 Å². The summed E-state index contributed by atoms with van der Waals surface area (Å²) in [5.74, 6) is 0.606. The van der Waals surface area contributed by atoms with Gasteiger partial charge in [-0.15, -0.1) is 0 Å². The molecule has 0 spiro atoms. The first-order valence-electron chi connectivity index (χ1n) is 14.1. The average Bonchev–Trinajstić information content (AvgIpc) is 3.67. The van der Waals surface area contributed by atoms with Gasteiger partial charge in [-0.25, -0.2) is 18.3 Å². The number of halogens is 1. The summed E-state index contributed by atoms with van der Waals surface area (Å²) in [4.78, 5) is 20.9. The van der Waals surface area contributed by atoms with E-state index in [0.717, 1.165) is 36.3 Å². The molecule has 3 aromatic carbocycles. The van der Waals surface area contributed by atoms with Gasteiger partial charge in [0.15, 0.2) is 0 Å². The van der Waals surface area contributed by atoms with Crippen molar-refractivity contribution >= 4 is 22.6 Å². The smallest absolute Gasteiger partial charge is 0.231 e. The molecule has 0 radical (unpaired) electrons. The summed E-state index contributed by atoms with van der Waals surface area (Å²) in [6.07, 6.45) is 6.15. The number of rotatable bonds is 8. The second kappa shape index (κ2) is 11.0. The molecule has 4 unspecified atom stereocenters. The average molecular weight is 571 g/mol. The van der Waals surface area contributed by atoms with Crippen molar-refractivity contribution in [2.75, 3.05) is 4.90 Å². The number of imidazole rings is 1. The number of anilines is 1. The Balaban J connectivity index is 1.34. The van der Waals surface area contributed by atoms with E-state index in [4.69, 9.17) is 0 Å². The van der Waals surface area contributed by atoms with Crippen LogP contribution in [-0.4, -0.2) is 19.7 Å². The van der Waals surface area contributed by atoms with Crippen molar-refractivity contribution in [2.24, 2.45) is 13.0 Å². The van der Waals surface area contributed by atoms with Gasteiger partial charge >= 0.3 is 0 Å². The first kappa shape index (κ1) is 27.5. The molecule has 1 N–H and O–H groups in total. The summed E-state index contributed by atoms with van der Waals surface area (Å²) < 4.78 is 32.3. The van der Waals surface area contributed by atoms with Gasteiger partial charge in [0.2, 0.25) is 5.91 Å². The summed E-state index contributed by atoms with van der Waals surface area (Å²) in [5, 5.41) is 0. The third-order valence-corrected chi connectivity index (χ3v) is 9.77. The van der Waals surface area contributed by atoms with Gasteiger partial charge in [-0.05, 0) is 77.6 Å². The number of aryl methyl sites for hydroxylation is 1. The van der Waals surface area contributed by atoms with E-state index in [1.807, 2.05) is 47.0 Å². The largest absolute Gasteiger partial charge is 0.337 e. The van der Waals surface area contributed by atoms with Gasteiger partial charge in [-0.3, -0.25) is 4.79 Å². The Morgan fingerprint density at radius 1 is 1.12 bits per heavy atom. The van der Waals surface area contributed by atoms with Crippen molar-refractivity contribution in [1.29, 1.82) is 0 Å². The number of carbonyl (C=O) groups excluding carboxylic acids is 1. The topological polar surface area (TPSA) is 67.2 Å². The summed E-state index contributed by atoms with van der Waals surface area (Å²) in [6.45, 7) is 4.79. The van der Waals surface area contributed by atoms with Crippen LogP contribution >= 0.6 is 0 Å². The molecule has 1 fully saturated rings. The number of hydrogen-bond acceptors (Lipinski definition) is 3. The van der Waals surface area contributed by atoms with E-state index in [1.54, 1.807) is 18.3 Å². The maximum atomic E-state index is 14.1. The van der Waals surface area contributed by atoms with E-state index < -0.39 is 16.8 Å². The minimum Gasteiger partial charge on any atom is -0.337 e. The third kappa shape index (κ3) is 5.63. The minimum atomic E-state index is -1.59. The number of aromatic nitrogens is 2. The lowest BCUT2D eigenvalue weighted by atomic mass is 9.71. The number of benzene rings is 3. The van der Waals surface area contributed by atoms with E-state index in [9.17, 15) is 13.4 Å². The van der Waals surface area contributed by atoms with Gasteiger partial charge in [-0.1, -0.05) is 56.3 Å². The molecule has 0 saturated heterocycles. The summed E-state index contributed by atoms with van der Waals surface area (Å²) in [7, 11) is 0.351. The van der Waals surface area contributed by atoms with Gasteiger partial charge in [-0.2, -0.15) is 0 Å². The molecule has 4 atom stereocenters. The van der Waals surface area contributed by atoms with Crippen LogP contribution in [0.2, 0.25) is 0 Å². The maximum absolute atomic E-state index is 14.1. The van der Waals surface area contributed by atoms with Crippen LogP contribution in [0.1, 0.15) is 67.6 Å². The van der Waals surface area contributed by atoms with Gasteiger partial charge in [0.1, 0.15) is 22.6 Å². The van der Waals surface area contributed by atoms with Crippen molar-refractivity contribution in [3.8, 4) is 0 Å². The molecule has 1 saturated carbocycles. The van der Waals surface area contributed by atoms with E-state index in [2.05, 4.69) is 47.8 Å². The highest BCUT2D eigenvalue weighted by Crippen LogP contribution is 2.49. The first-order valence-corrected chi connectivity index (χ1v) is 15.3. The maximum Gasteiger partial charge on any atom is 0.231 e. The van der Waals surface area contributed by atoms with Crippen molar-refractivity contribution < 1.29 is 13.4 Å². The Hall–Kier alpha value is -3.62. The van der Waals surface area contributed by atoms with Crippen LogP contribution in [0.4, 0.5) is 10.1 Å². The molecule has 2 aliphatic rings. The van der Waals surface area contributed by atoms with Gasteiger partial charge in [0, 0.05) is 37.1 Å². The summed E-state index contributed by atoms with van der Waals surface area (Å²) >= 11 is 0. The standard InChI is InChI=1S/C33H35FN4O2S/c1-33(2)15-14-30(36-41(40)25-11-7-10-23(34)18-25)28-19-24(12-13-29(28)33)38(21-31-35-16-17-37(31)3)32(39)27-20-26(27)22-8-5-4-6-9-22/h4-13,16-19,26-27,30,36H,14-15,20-21H2,1-3H3. The highest BCUT2D eigenvalue weighted by atomic mass is 32.2. The molecular formula is C33H35FN4O2S. The lowest BCUT2D eigenvalue weighted by Gasteiger charge is -2.38. The highest BCUT2D eigenvalue weighted by Gasteiger charge is 2.46. The molecule has 4 aromatic rings. The highest BCUT2D eigenvalue weighted by molar-refractivity contribution is 7.83. The van der Waals surface area contributed by atoms with Gasteiger partial charge in [0.25, 0.3) is 0 Å². The number of fused-ring (bicyclic) bond motifs is 1. The quantitative estimate of drug-likeness (QED) is 0.270. The molecule has 0 bridgehead atoms. The lowest BCUT2D eigenvalue weighted by Crippen LogP contribution is -2.36. The molecule has 212 valence electrons. The molecule has 6 rings (SSSR count). The summed E-state index contributed by atoms with van der Waals surface area (Å²) in [5.41, 5.74) is 4.11. The molecule has 1 heterocycles. The van der Waals surface area contributed by atoms with Crippen molar-refractivity contribution in [3.05, 3.63) is 114 Å². The molecule has 8 heteroatoms. The molecule has 6 nitrogen and oxygen atoms in total. The fourth-order valence-corrected chi connectivity index (χ4v) is 7.10. The van der Waals surface area contributed by atoms with Gasteiger partial charge in [0.05, 0.1) is 11.4 Å². The van der Waals surface area contributed by atoms with E-state index in [0.29, 0.717) is 11.4 Å². The van der Waals surface area contributed by atoms with Crippen LogP contribution < -0.4 is 9.62 Å². The monoisotopic (exact) mass is 570 g/mol. The van der Waals surface area contributed by atoms with Crippen LogP contribution in [0.3, 0.4) is 0 Å². The second-order valence-corrected chi connectivity index (χ2v) is 13.1. The Morgan fingerprint density at radius 3 is 2.66 bits per heavy atom. The number of nitrogens with one attached hydrogen (secondary N) is 1. The van der Waals surface area contributed by atoms with E-state index >= 15 is 0 Å². The Morgan fingerprint density at radius 2 is 1.93 bits per heavy atom. The zero-order chi connectivity index (χ0) is 28.7. The van der Waals surface area contributed by atoms with Crippen LogP contribution in [0.15, 0.2) is 90.1 Å². The van der Waals surface area contributed by atoms with E-state index in [1.165, 1.54) is 23.3 Å². The number of carbonyl (C=O) groups is 1. The van der Waals surface area contributed by atoms with Crippen LogP contribution in [0.5, 0.6) is 0 Å². The Kier molecular flexibility index (Phi) is 7.38. The van der Waals surface area contributed by atoms with Crippen LogP contribution in [-0.2, 0) is 34.8 Å². The molecule has 2 aliphatic carbocycles. The predicted molar refractivity (Wildman–Crippen MR) is 159 cm³/mol. The Labute approximate surface area is 243 Å². The molecule has 1 amide bonds. The fourth-order valence-electron chi connectivity index (χ4n) is 6.04. The third-order valence-electron chi connectivity index (χ3n) is 8.59. The fraction of sp³-hybridized carbons (Fsp3) is 0.333. The minimum absolute atomic E-state index is 0.0736. The van der Waals surface area contributed by atoms with Crippen molar-refractivity contribution in [2.45, 2.75) is 61.9 Å². The lowest BCUT2D eigenvalue weighted by molar-refractivity contribution is -0.120. The zero-order valence-electron chi connectivity index (χ0n) is 23.6. The van der Waals surface area contributed by atoms with Crippen molar-refractivity contribution in [1.82, 2.24) is 14.3 Å². The number of hydrogen-bond donors (Lipinski definition) is 1. The normalized spacial score (nSPS) is 21.6. The van der Waals surface area contributed by atoms with E-state index in [-0.39, 0.29) is 29.2 Å². The molecule has 41 heavy (non-hydrogen) atoms. The molecule has 1 aromatic heterocycles. The number of amides is 1. The SMILES string of the molecule is Cn1ccnc1CN(C(=O)C1CC1c1ccccc1)c1ccc2c(c1)C(NS(=O)c1cccc(F)c1)CCC2(C)C.